The van der Waals surface area contributed by atoms with Crippen molar-refractivity contribution in [1.82, 2.24) is 9.97 Å². The van der Waals surface area contributed by atoms with E-state index in [0.717, 1.165) is 67.3 Å². The Morgan fingerprint density at radius 1 is 0.838 bits per heavy atom. The number of rotatable bonds is 7. The van der Waals surface area contributed by atoms with Crippen LogP contribution < -0.4 is 15.5 Å². The van der Waals surface area contributed by atoms with Gasteiger partial charge in [-0.3, -0.25) is 4.79 Å². The number of carbonyl (C=O) groups excluding carboxylic acids is 1. The number of hydrogen-bond acceptors (Lipinski definition) is 6. The molecule has 7 heteroatoms. The second kappa shape index (κ2) is 10.0. The molecule has 2 heterocycles. The molecule has 6 rings (SSSR count). The van der Waals surface area contributed by atoms with Gasteiger partial charge in [-0.15, -0.1) is 0 Å². The Morgan fingerprint density at radius 3 is 2.24 bits per heavy atom. The van der Waals surface area contributed by atoms with E-state index in [1.807, 2.05) is 72.8 Å². The average Bonchev–Trinajstić information content (AvgIpc) is 3.78. The van der Waals surface area contributed by atoms with Crippen molar-refractivity contribution in [2.24, 2.45) is 0 Å². The summed E-state index contributed by atoms with van der Waals surface area (Å²) in [6.07, 6.45) is 3.51. The van der Waals surface area contributed by atoms with E-state index in [9.17, 15) is 4.79 Å². The first-order chi connectivity index (χ1) is 18.2. The molecule has 186 valence electrons. The summed E-state index contributed by atoms with van der Waals surface area (Å²) in [5, 5.41) is 6.40. The normalized spacial score (nSPS) is 16.2. The van der Waals surface area contributed by atoms with Crippen LogP contribution in [0.25, 0.3) is 11.3 Å². The molecule has 7 nitrogen and oxygen atoms in total. The van der Waals surface area contributed by atoms with Crippen LogP contribution in [0.3, 0.4) is 0 Å². The number of benzene rings is 3. The molecule has 2 aliphatic rings. The first-order valence-corrected chi connectivity index (χ1v) is 12.7. The fourth-order valence-electron chi connectivity index (χ4n) is 4.79. The predicted molar refractivity (Wildman–Crippen MR) is 146 cm³/mol. The van der Waals surface area contributed by atoms with Crippen LogP contribution in [0.1, 0.15) is 18.4 Å². The maximum absolute atomic E-state index is 13.0. The highest BCUT2D eigenvalue weighted by Gasteiger charge is 2.51. The molecule has 2 N–H and O–H groups in total. The van der Waals surface area contributed by atoms with Gasteiger partial charge in [-0.1, -0.05) is 42.5 Å². The quantitative estimate of drug-likeness (QED) is 0.361. The molecule has 37 heavy (non-hydrogen) atoms. The minimum Gasteiger partial charge on any atom is -0.378 e. The second-order valence-corrected chi connectivity index (χ2v) is 9.52. The molecule has 1 saturated carbocycles. The van der Waals surface area contributed by atoms with Gasteiger partial charge in [0.25, 0.3) is 0 Å². The van der Waals surface area contributed by atoms with Crippen molar-refractivity contribution in [3.05, 3.63) is 96.7 Å². The van der Waals surface area contributed by atoms with Crippen LogP contribution in [-0.4, -0.2) is 42.2 Å². The largest absolute Gasteiger partial charge is 0.378 e. The molecule has 3 aromatic carbocycles. The lowest BCUT2D eigenvalue weighted by Gasteiger charge is -2.28. The Kier molecular flexibility index (Phi) is 6.28. The minimum absolute atomic E-state index is 0.0552. The lowest BCUT2D eigenvalue weighted by molar-refractivity contribution is -0.118. The average molecular weight is 492 g/mol. The van der Waals surface area contributed by atoms with E-state index in [2.05, 4.69) is 32.7 Å². The van der Waals surface area contributed by atoms with Crippen molar-refractivity contribution < 1.29 is 9.53 Å². The number of nitrogens with zero attached hydrogens (tertiary/aromatic N) is 3. The van der Waals surface area contributed by atoms with Gasteiger partial charge >= 0.3 is 0 Å². The zero-order valence-corrected chi connectivity index (χ0v) is 20.6. The molecule has 1 aliphatic heterocycles. The third-order valence-corrected chi connectivity index (χ3v) is 7.10. The Bertz CT molecular complexity index is 1360. The van der Waals surface area contributed by atoms with Crippen molar-refractivity contribution >= 4 is 28.9 Å². The van der Waals surface area contributed by atoms with Crippen LogP contribution in [0.15, 0.2) is 91.1 Å². The van der Waals surface area contributed by atoms with E-state index >= 15 is 0 Å². The zero-order chi connectivity index (χ0) is 25.1. The molecular weight excluding hydrogens is 462 g/mol. The lowest BCUT2D eigenvalue weighted by Crippen LogP contribution is -2.36. The molecule has 1 aliphatic carbocycles. The second-order valence-electron chi connectivity index (χ2n) is 9.52. The van der Waals surface area contributed by atoms with E-state index in [0.29, 0.717) is 5.95 Å². The van der Waals surface area contributed by atoms with Crippen LogP contribution >= 0.6 is 0 Å². The highest BCUT2D eigenvalue weighted by Crippen LogP contribution is 2.49. The smallest absolute Gasteiger partial charge is 0.235 e. The van der Waals surface area contributed by atoms with Gasteiger partial charge in [0.05, 0.1) is 24.3 Å². The highest BCUT2D eigenvalue weighted by molar-refractivity contribution is 6.01. The fourth-order valence-corrected chi connectivity index (χ4v) is 4.79. The monoisotopic (exact) mass is 491 g/mol. The third-order valence-electron chi connectivity index (χ3n) is 7.10. The van der Waals surface area contributed by atoms with E-state index in [1.54, 1.807) is 6.20 Å². The van der Waals surface area contributed by atoms with Crippen molar-refractivity contribution in [3.63, 3.8) is 0 Å². The molecule has 0 unspecified atom stereocenters. The Balaban J connectivity index is 1.11. The van der Waals surface area contributed by atoms with Crippen LogP contribution in [-0.2, 0) is 14.9 Å². The number of aromatic nitrogens is 2. The third kappa shape index (κ3) is 5.04. The predicted octanol–water partition coefficient (Wildman–Crippen LogP) is 5.39. The number of morpholine rings is 1. The van der Waals surface area contributed by atoms with Crippen molar-refractivity contribution in [2.75, 3.05) is 41.8 Å². The summed E-state index contributed by atoms with van der Waals surface area (Å²) in [5.41, 5.74) is 5.35. The van der Waals surface area contributed by atoms with Crippen molar-refractivity contribution in [3.8, 4) is 11.3 Å². The molecule has 1 amide bonds. The first kappa shape index (κ1) is 23.2. The summed E-state index contributed by atoms with van der Waals surface area (Å²) >= 11 is 0. The van der Waals surface area contributed by atoms with Crippen molar-refractivity contribution in [1.29, 1.82) is 0 Å². The minimum atomic E-state index is -0.395. The van der Waals surface area contributed by atoms with E-state index in [-0.39, 0.29) is 5.91 Å². The number of anilines is 4. The zero-order valence-electron chi connectivity index (χ0n) is 20.6. The highest BCUT2D eigenvalue weighted by atomic mass is 16.5. The van der Waals surface area contributed by atoms with E-state index < -0.39 is 5.41 Å². The number of hydrogen-bond donors (Lipinski definition) is 2. The van der Waals surface area contributed by atoms with Gasteiger partial charge in [-0.05, 0) is 60.9 Å². The Hall–Kier alpha value is -4.23. The molecule has 0 spiro atoms. The van der Waals surface area contributed by atoms with E-state index in [4.69, 9.17) is 9.72 Å². The summed E-state index contributed by atoms with van der Waals surface area (Å²) in [6, 6.07) is 28.0. The molecule has 1 aromatic heterocycles. The molecule has 2 fully saturated rings. The lowest BCUT2D eigenvalue weighted by atomic mass is 9.95. The SMILES string of the molecule is O=C(Nc1ccc(-c2ccnc(Nc3ccc(N4CCOCC4)cc3)n2)cc1)C1(c2ccccc2)CC1. The summed E-state index contributed by atoms with van der Waals surface area (Å²) in [7, 11) is 0. The van der Waals surface area contributed by atoms with Gasteiger partial charge in [0.15, 0.2) is 0 Å². The van der Waals surface area contributed by atoms with Gasteiger partial charge in [-0.25, -0.2) is 9.97 Å². The van der Waals surface area contributed by atoms with Crippen LogP contribution in [0, 0.1) is 0 Å². The Labute approximate surface area is 216 Å². The number of ether oxygens (including phenoxy) is 1. The molecule has 0 bridgehead atoms. The summed E-state index contributed by atoms with van der Waals surface area (Å²) < 4.78 is 5.44. The molecule has 0 radical (unpaired) electrons. The van der Waals surface area contributed by atoms with Crippen LogP contribution in [0.5, 0.6) is 0 Å². The van der Waals surface area contributed by atoms with Gasteiger partial charge in [0.1, 0.15) is 0 Å². The van der Waals surface area contributed by atoms with Gasteiger partial charge in [-0.2, -0.15) is 0 Å². The van der Waals surface area contributed by atoms with Gasteiger partial charge < -0.3 is 20.3 Å². The topological polar surface area (TPSA) is 79.4 Å². The van der Waals surface area contributed by atoms with E-state index in [1.165, 1.54) is 5.69 Å². The number of carbonyl (C=O) groups is 1. The molecular formula is C30H29N5O2. The standard InChI is InChI=1S/C30H29N5O2/c36-28(30(15-16-30)23-4-2-1-3-5-23)32-24-8-6-22(7-9-24)27-14-17-31-29(34-27)33-25-10-12-26(13-11-25)35-18-20-37-21-19-35/h1-14,17H,15-16,18-21H2,(H,32,36)(H,31,33,34). The number of nitrogens with one attached hydrogen (secondary N) is 2. The summed E-state index contributed by atoms with van der Waals surface area (Å²) in [5.74, 6) is 0.590. The van der Waals surface area contributed by atoms with Gasteiger partial charge in [0.2, 0.25) is 11.9 Å². The van der Waals surface area contributed by atoms with Gasteiger partial charge in [0, 0.05) is 41.9 Å². The summed E-state index contributed by atoms with van der Waals surface area (Å²) in [6.45, 7) is 3.35. The maximum atomic E-state index is 13.0. The van der Waals surface area contributed by atoms with Crippen LogP contribution in [0.4, 0.5) is 23.0 Å². The first-order valence-electron chi connectivity index (χ1n) is 12.7. The molecule has 0 atom stereocenters. The molecule has 4 aromatic rings. The summed E-state index contributed by atoms with van der Waals surface area (Å²) in [4.78, 5) is 24.4. The maximum Gasteiger partial charge on any atom is 0.235 e. The van der Waals surface area contributed by atoms with Crippen molar-refractivity contribution in [2.45, 2.75) is 18.3 Å². The molecule has 1 saturated heterocycles. The van der Waals surface area contributed by atoms with Crippen LogP contribution in [0.2, 0.25) is 0 Å². The Morgan fingerprint density at radius 2 is 1.54 bits per heavy atom. The fraction of sp³-hybridized carbons (Fsp3) is 0.233. The number of amides is 1.